The van der Waals surface area contributed by atoms with E-state index in [2.05, 4.69) is 15.0 Å². The number of hydrogen-bond acceptors (Lipinski definition) is 3. The molecule has 0 aliphatic heterocycles. The maximum atomic E-state index is 8.81. The van der Waals surface area contributed by atoms with Gasteiger partial charge in [-0.15, -0.1) is 0 Å². The minimum atomic E-state index is -0.844. The summed E-state index contributed by atoms with van der Waals surface area (Å²) in [5.74, 6) is -1.16. The first-order valence-electron chi connectivity index (χ1n) is 18.3. The van der Waals surface area contributed by atoms with E-state index in [4.69, 9.17) is 36.3 Å². The van der Waals surface area contributed by atoms with Gasteiger partial charge in [0.15, 0.2) is 11.6 Å². The largest absolute Gasteiger partial charge is 0.226 e. The van der Waals surface area contributed by atoms with Gasteiger partial charge < -0.3 is 0 Å². The molecule has 1 aromatic heterocycles. The Balaban J connectivity index is 1.64. The standard InChI is InChI=1S/C29H18ClN3/c30-29-32-27(31-28(33-29)26-16-12-20-6-2-4-8-24(20)18-26)22-13-9-21(10-14-22)25-15-11-19-5-1-3-7-23(19)17-25/h1-18H/i1D,2D,3D,4D,5D,6D,7D,8D,9D,10D,11D,12D,13D,14D,15D,16D,17D,18D. The van der Waals surface area contributed by atoms with Crippen molar-refractivity contribution in [1.29, 1.82) is 0 Å². The molecule has 0 amide bonds. The SMILES string of the molecule is [2H]c1c([2H])c(-c2c([2H])c([2H])c3c([2H])c([2H])c([2H])c([2H])c3c2[2H])c([2H])c([2H])c1-c1nc(Cl)nc(-c2c([2H])c([2H])c3c([2H])c([2H])c([2H])c([2H])c3c2[2H])n1. The monoisotopic (exact) mass is 461 g/mol. The average molecular weight is 462 g/mol. The molecule has 3 nitrogen and oxygen atoms in total. The van der Waals surface area contributed by atoms with Crippen molar-refractivity contribution in [3.63, 3.8) is 0 Å². The Kier molecular flexibility index (Phi) is 2.06. The molecule has 0 bridgehead atoms. The van der Waals surface area contributed by atoms with E-state index in [0.29, 0.717) is 0 Å². The van der Waals surface area contributed by atoms with Gasteiger partial charge in [-0.1, -0.05) is 96.7 Å². The third-order valence-electron chi connectivity index (χ3n) is 4.43. The molecule has 1 heterocycles. The van der Waals surface area contributed by atoms with Crippen molar-refractivity contribution >= 4 is 33.1 Å². The number of halogens is 1. The third-order valence-corrected chi connectivity index (χ3v) is 4.60. The first-order chi connectivity index (χ1) is 23.8. The Labute approximate surface area is 221 Å². The van der Waals surface area contributed by atoms with Crippen molar-refractivity contribution < 1.29 is 24.7 Å². The average Bonchev–Trinajstić information content (AvgIpc) is 3.08. The van der Waals surface area contributed by atoms with Gasteiger partial charge in [0.2, 0.25) is 5.28 Å². The molecule has 0 unspecified atom stereocenters. The predicted octanol–water partition coefficient (Wildman–Crippen LogP) is 7.83. The van der Waals surface area contributed by atoms with Crippen LogP contribution in [0.15, 0.2) is 109 Å². The molecular formula is C29H18ClN3. The molecule has 0 aliphatic carbocycles. The Morgan fingerprint density at radius 3 is 1.55 bits per heavy atom. The number of nitrogens with zero attached hydrogens (tertiary/aromatic N) is 3. The molecule has 0 atom stereocenters. The summed E-state index contributed by atoms with van der Waals surface area (Å²) in [6.45, 7) is 0. The molecule has 0 saturated heterocycles. The molecular weight excluding hydrogens is 426 g/mol. The van der Waals surface area contributed by atoms with Gasteiger partial charge in [-0.2, -0.15) is 9.97 Å². The highest BCUT2D eigenvalue weighted by atomic mass is 35.5. The van der Waals surface area contributed by atoms with E-state index in [-0.39, 0.29) is 0 Å². The van der Waals surface area contributed by atoms with E-state index < -0.39 is 169 Å². The van der Waals surface area contributed by atoms with Crippen molar-refractivity contribution in [3.05, 3.63) is 114 Å². The molecule has 0 spiro atoms. The highest BCUT2D eigenvalue weighted by Crippen LogP contribution is 2.28. The normalized spacial score (nSPS) is 18.8. The molecule has 156 valence electrons. The minimum Gasteiger partial charge on any atom is -0.208 e. The lowest BCUT2D eigenvalue weighted by Gasteiger charge is -2.08. The van der Waals surface area contributed by atoms with Gasteiger partial charge in [-0.25, -0.2) is 4.98 Å². The Morgan fingerprint density at radius 1 is 0.455 bits per heavy atom. The van der Waals surface area contributed by atoms with E-state index in [1.807, 2.05) is 0 Å². The van der Waals surface area contributed by atoms with Crippen LogP contribution >= 0.6 is 11.6 Å². The molecule has 4 heteroatoms. The van der Waals surface area contributed by atoms with Crippen molar-refractivity contribution in [2.24, 2.45) is 0 Å². The zero-order chi connectivity index (χ0) is 37.9. The second-order valence-corrected chi connectivity index (χ2v) is 6.84. The molecule has 6 aromatic rings. The van der Waals surface area contributed by atoms with Crippen molar-refractivity contribution in [2.75, 3.05) is 0 Å². The maximum absolute atomic E-state index is 8.81. The van der Waals surface area contributed by atoms with Crippen LogP contribution in [-0.2, 0) is 0 Å². The summed E-state index contributed by atoms with van der Waals surface area (Å²) in [4.78, 5) is 12.0. The van der Waals surface area contributed by atoms with Crippen molar-refractivity contribution in [1.82, 2.24) is 15.0 Å². The summed E-state index contributed by atoms with van der Waals surface area (Å²) in [6, 6.07) is -13.1. The number of hydrogen-bond donors (Lipinski definition) is 0. The van der Waals surface area contributed by atoms with Crippen LogP contribution in [0, 0.1) is 0 Å². The van der Waals surface area contributed by atoms with Crippen LogP contribution in [0.2, 0.25) is 5.28 Å². The highest BCUT2D eigenvalue weighted by molar-refractivity contribution is 6.28. The van der Waals surface area contributed by atoms with E-state index in [1.54, 1.807) is 0 Å². The van der Waals surface area contributed by atoms with Gasteiger partial charge in [0.25, 0.3) is 0 Å². The van der Waals surface area contributed by atoms with Crippen LogP contribution in [-0.4, -0.2) is 15.0 Å². The van der Waals surface area contributed by atoms with Gasteiger partial charge in [0.05, 0.1) is 24.7 Å². The van der Waals surface area contributed by atoms with Gasteiger partial charge in [0, 0.05) is 11.1 Å². The summed E-state index contributed by atoms with van der Waals surface area (Å²) < 4.78 is 152. The van der Waals surface area contributed by atoms with E-state index in [9.17, 15) is 0 Å². The van der Waals surface area contributed by atoms with Gasteiger partial charge in [0.1, 0.15) is 0 Å². The number of aromatic nitrogens is 3. The van der Waals surface area contributed by atoms with Gasteiger partial charge in [-0.3, -0.25) is 0 Å². The predicted molar refractivity (Wildman–Crippen MR) is 136 cm³/mol. The summed E-state index contributed by atoms with van der Waals surface area (Å²) in [7, 11) is 0. The third kappa shape index (κ3) is 3.84. The summed E-state index contributed by atoms with van der Waals surface area (Å²) in [6.07, 6.45) is 0. The molecule has 6 rings (SSSR count). The molecule has 0 aliphatic rings. The number of rotatable bonds is 3. The van der Waals surface area contributed by atoms with Crippen molar-refractivity contribution in [3.8, 4) is 33.9 Å². The summed E-state index contributed by atoms with van der Waals surface area (Å²) >= 11 is 6.19. The van der Waals surface area contributed by atoms with E-state index in [1.165, 1.54) is 0 Å². The number of fused-ring (bicyclic) bond motifs is 2. The van der Waals surface area contributed by atoms with Crippen LogP contribution in [0.3, 0.4) is 0 Å². The first-order valence-corrected chi connectivity index (χ1v) is 9.66. The Hall–Kier alpha value is -4.08. The Bertz CT molecular complexity index is 2570. The van der Waals surface area contributed by atoms with Crippen LogP contribution in [0.5, 0.6) is 0 Å². The molecule has 0 fully saturated rings. The minimum absolute atomic E-state index is 0.391. The van der Waals surface area contributed by atoms with Crippen LogP contribution in [0.4, 0.5) is 0 Å². The maximum Gasteiger partial charge on any atom is 0.226 e. The first kappa shape index (κ1) is 8.36. The number of benzene rings is 5. The fourth-order valence-electron chi connectivity index (χ4n) is 2.92. The van der Waals surface area contributed by atoms with Gasteiger partial charge >= 0.3 is 0 Å². The molecule has 0 N–H and O–H groups in total. The molecule has 0 saturated carbocycles. The van der Waals surface area contributed by atoms with Crippen LogP contribution < -0.4 is 0 Å². The van der Waals surface area contributed by atoms with E-state index >= 15 is 0 Å². The molecule has 33 heavy (non-hydrogen) atoms. The summed E-state index contributed by atoms with van der Waals surface area (Å²) in [5, 5.41) is -2.30. The van der Waals surface area contributed by atoms with Crippen LogP contribution in [0.1, 0.15) is 24.7 Å². The lowest BCUT2D eigenvalue weighted by Crippen LogP contribution is -1.97. The second kappa shape index (κ2) is 8.12. The second-order valence-electron chi connectivity index (χ2n) is 6.50. The molecule has 0 radical (unpaired) electrons. The topological polar surface area (TPSA) is 38.7 Å². The van der Waals surface area contributed by atoms with Crippen molar-refractivity contribution in [2.45, 2.75) is 0 Å². The zero-order valence-corrected chi connectivity index (χ0v) is 17.0. The van der Waals surface area contributed by atoms with Gasteiger partial charge in [-0.05, 0) is 56.4 Å². The fourth-order valence-corrected chi connectivity index (χ4v) is 3.08. The lowest BCUT2D eigenvalue weighted by atomic mass is 10.0. The quantitative estimate of drug-likeness (QED) is 0.269. The fraction of sp³-hybridized carbons (Fsp3) is 0. The summed E-state index contributed by atoms with van der Waals surface area (Å²) in [5.41, 5.74) is -2.32. The lowest BCUT2D eigenvalue weighted by molar-refractivity contribution is 1.07. The Morgan fingerprint density at radius 2 is 0.909 bits per heavy atom. The smallest absolute Gasteiger partial charge is 0.208 e. The van der Waals surface area contributed by atoms with Crippen LogP contribution in [0.25, 0.3) is 55.4 Å². The van der Waals surface area contributed by atoms with E-state index in [0.717, 1.165) is 0 Å². The zero-order valence-electron chi connectivity index (χ0n) is 34.2. The highest BCUT2D eigenvalue weighted by Gasteiger charge is 2.10. The molecule has 5 aromatic carbocycles.